The third kappa shape index (κ3) is 3.74. The Hall–Kier alpha value is -2.65. The van der Waals surface area contributed by atoms with Gasteiger partial charge in [0.15, 0.2) is 0 Å². The Morgan fingerprint density at radius 2 is 2.00 bits per heavy atom. The molecular formula is C18H24N6O3. The molecule has 1 aliphatic rings. The highest BCUT2D eigenvalue weighted by Crippen LogP contribution is 2.41. The molecule has 0 saturated carbocycles. The van der Waals surface area contributed by atoms with E-state index in [2.05, 4.69) is 25.3 Å². The first-order valence-electron chi connectivity index (χ1n) is 8.76. The van der Waals surface area contributed by atoms with Crippen molar-refractivity contribution in [2.24, 2.45) is 0 Å². The van der Waals surface area contributed by atoms with Crippen LogP contribution in [-0.4, -0.2) is 61.3 Å². The molecule has 27 heavy (non-hydrogen) atoms. The molecule has 9 heteroatoms. The van der Waals surface area contributed by atoms with Crippen LogP contribution in [0.4, 0.5) is 4.79 Å². The summed E-state index contributed by atoms with van der Waals surface area (Å²) in [6.07, 6.45) is 5.52. The molecule has 0 spiro atoms. The Kier molecular flexibility index (Phi) is 5.33. The van der Waals surface area contributed by atoms with Crippen molar-refractivity contribution in [2.45, 2.75) is 38.0 Å². The highest BCUT2D eigenvalue weighted by atomic mass is 16.6. The quantitative estimate of drug-likeness (QED) is 0.821. The molecule has 0 aliphatic carbocycles. The number of piperazine rings is 1. The summed E-state index contributed by atoms with van der Waals surface area (Å²) in [4.78, 5) is 31.2. The number of hydrogen-bond donors (Lipinski definition) is 2. The van der Waals surface area contributed by atoms with Crippen molar-refractivity contribution < 1.29 is 14.6 Å². The fourth-order valence-electron chi connectivity index (χ4n) is 3.33. The number of carbonyl (C=O) groups excluding carboxylic acids is 1. The van der Waals surface area contributed by atoms with Gasteiger partial charge in [0.25, 0.3) is 0 Å². The number of hydrogen-bond acceptors (Lipinski definition) is 8. The van der Waals surface area contributed by atoms with Crippen LogP contribution >= 0.6 is 0 Å². The van der Waals surface area contributed by atoms with Crippen molar-refractivity contribution in [3.8, 4) is 0 Å². The molecular weight excluding hydrogens is 348 g/mol. The maximum Gasteiger partial charge on any atom is 0.411 e. The molecule has 2 unspecified atom stereocenters. The van der Waals surface area contributed by atoms with Gasteiger partial charge in [-0.2, -0.15) is 0 Å². The summed E-state index contributed by atoms with van der Waals surface area (Å²) in [5, 5.41) is 13.9. The molecule has 2 aromatic heterocycles. The topological polar surface area (TPSA) is 113 Å². The van der Waals surface area contributed by atoms with Gasteiger partial charge in [-0.3, -0.25) is 4.90 Å². The van der Waals surface area contributed by atoms with Crippen LogP contribution in [0.3, 0.4) is 0 Å². The standard InChI is InChI=1S/C18H24N6O3/c1-17(2,3)27-16(26)24-9-8-21-15(13-4-6-19-11-22-13)18(24,10-25)14-5-7-20-12-23-14/h4-7,11-12,15,21,25H,8-10H2,1-3H3. The van der Waals surface area contributed by atoms with Crippen molar-refractivity contribution in [1.82, 2.24) is 30.2 Å². The predicted octanol–water partition coefficient (Wildman–Crippen LogP) is 1.04. The Morgan fingerprint density at radius 3 is 2.56 bits per heavy atom. The summed E-state index contributed by atoms with van der Waals surface area (Å²) in [6.45, 7) is 5.91. The second-order valence-corrected chi connectivity index (χ2v) is 7.33. The SMILES string of the molecule is CC(C)(C)OC(=O)N1CCNC(c2ccncn2)C1(CO)c1ccncn1. The average Bonchev–Trinajstić information content (AvgIpc) is 2.67. The van der Waals surface area contributed by atoms with Crippen molar-refractivity contribution in [1.29, 1.82) is 0 Å². The minimum atomic E-state index is -1.20. The van der Waals surface area contributed by atoms with Crippen molar-refractivity contribution in [2.75, 3.05) is 19.7 Å². The Balaban J connectivity index is 2.13. The summed E-state index contributed by atoms with van der Waals surface area (Å²) in [5.41, 5.74) is -0.718. The highest BCUT2D eigenvalue weighted by Gasteiger charge is 2.53. The van der Waals surface area contributed by atoms with Crippen LogP contribution in [0.5, 0.6) is 0 Å². The summed E-state index contributed by atoms with van der Waals surface area (Å²) in [7, 11) is 0. The van der Waals surface area contributed by atoms with Gasteiger partial charge in [0, 0.05) is 25.5 Å². The molecule has 1 aliphatic heterocycles. The molecule has 144 valence electrons. The van der Waals surface area contributed by atoms with E-state index in [1.54, 1.807) is 45.3 Å². The van der Waals surface area contributed by atoms with Crippen molar-refractivity contribution >= 4 is 6.09 Å². The van der Waals surface area contributed by atoms with Gasteiger partial charge in [0.2, 0.25) is 0 Å². The number of ether oxygens (including phenoxy) is 1. The molecule has 2 aromatic rings. The van der Waals surface area contributed by atoms with E-state index in [-0.39, 0.29) is 6.61 Å². The lowest BCUT2D eigenvalue weighted by molar-refractivity contribution is -0.0520. The van der Waals surface area contributed by atoms with Crippen LogP contribution < -0.4 is 5.32 Å². The molecule has 1 amide bonds. The predicted molar refractivity (Wildman–Crippen MR) is 96.5 cm³/mol. The van der Waals surface area contributed by atoms with Gasteiger partial charge < -0.3 is 15.2 Å². The van der Waals surface area contributed by atoms with Crippen LogP contribution in [0.2, 0.25) is 0 Å². The third-order valence-corrected chi connectivity index (χ3v) is 4.42. The van der Waals surface area contributed by atoms with E-state index in [1.165, 1.54) is 17.6 Å². The van der Waals surface area contributed by atoms with Crippen LogP contribution in [-0.2, 0) is 10.3 Å². The Bertz CT molecular complexity index is 768. The largest absolute Gasteiger partial charge is 0.444 e. The average molecular weight is 372 g/mol. The fourth-order valence-corrected chi connectivity index (χ4v) is 3.33. The molecule has 1 fully saturated rings. The first-order valence-corrected chi connectivity index (χ1v) is 8.76. The Morgan fingerprint density at radius 1 is 1.30 bits per heavy atom. The first kappa shape index (κ1) is 19.1. The maximum atomic E-state index is 13.0. The minimum Gasteiger partial charge on any atom is -0.444 e. The van der Waals surface area contributed by atoms with Crippen molar-refractivity contribution in [3.05, 3.63) is 48.6 Å². The molecule has 3 rings (SSSR count). The van der Waals surface area contributed by atoms with Gasteiger partial charge in [-0.15, -0.1) is 0 Å². The zero-order valence-electron chi connectivity index (χ0n) is 15.7. The lowest BCUT2D eigenvalue weighted by Crippen LogP contribution is -2.65. The van der Waals surface area contributed by atoms with Crippen LogP contribution in [0.15, 0.2) is 37.2 Å². The molecule has 0 aromatic carbocycles. The van der Waals surface area contributed by atoms with Gasteiger partial charge >= 0.3 is 6.09 Å². The van der Waals surface area contributed by atoms with Crippen LogP contribution in [0.25, 0.3) is 0 Å². The third-order valence-electron chi connectivity index (χ3n) is 4.42. The number of nitrogens with one attached hydrogen (secondary N) is 1. The molecule has 0 bridgehead atoms. The number of aliphatic hydroxyl groups excluding tert-OH is 1. The second kappa shape index (κ2) is 7.53. The van der Waals surface area contributed by atoms with E-state index >= 15 is 0 Å². The zero-order chi connectivity index (χ0) is 19.5. The second-order valence-electron chi connectivity index (χ2n) is 7.33. The fraction of sp³-hybridized carbons (Fsp3) is 0.500. The zero-order valence-corrected chi connectivity index (χ0v) is 15.7. The summed E-state index contributed by atoms with van der Waals surface area (Å²) >= 11 is 0. The van der Waals surface area contributed by atoms with Crippen molar-refractivity contribution in [3.63, 3.8) is 0 Å². The molecule has 2 atom stereocenters. The Labute approximate surface area is 157 Å². The molecule has 2 N–H and O–H groups in total. The van der Waals surface area contributed by atoms with Crippen LogP contribution in [0, 0.1) is 0 Å². The van der Waals surface area contributed by atoms with E-state index in [0.717, 1.165) is 0 Å². The number of rotatable bonds is 3. The normalized spacial score (nSPS) is 23.1. The van der Waals surface area contributed by atoms with Crippen LogP contribution in [0.1, 0.15) is 38.2 Å². The summed E-state index contributed by atoms with van der Waals surface area (Å²) < 4.78 is 5.61. The van der Waals surface area contributed by atoms with Gasteiger partial charge in [0.1, 0.15) is 23.8 Å². The van der Waals surface area contributed by atoms with E-state index in [1.807, 2.05) is 0 Å². The first-order chi connectivity index (χ1) is 12.9. The van der Waals surface area contributed by atoms with E-state index in [0.29, 0.717) is 24.5 Å². The van der Waals surface area contributed by atoms with Gasteiger partial charge in [0.05, 0.1) is 24.0 Å². The lowest BCUT2D eigenvalue weighted by Gasteiger charge is -2.50. The highest BCUT2D eigenvalue weighted by molar-refractivity contribution is 5.70. The molecule has 9 nitrogen and oxygen atoms in total. The van der Waals surface area contributed by atoms with Gasteiger partial charge in [-0.05, 0) is 32.9 Å². The van der Waals surface area contributed by atoms with E-state index in [9.17, 15) is 9.90 Å². The lowest BCUT2D eigenvalue weighted by atomic mass is 9.81. The van der Waals surface area contributed by atoms with E-state index in [4.69, 9.17) is 4.74 Å². The smallest absolute Gasteiger partial charge is 0.411 e. The molecule has 0 radical (unpaired) electrons. The number of nitrogens with zero attached hydrogens (tertiary/aromatic N) is 5. The number of aromatic nitrogens is 4. The summed E-state index contributed by atoms with van der Waals surface area (Å²) in [6, 6.07) is 2.94. The molecule has 1 saturated heterocycles. The minimum absolute atomic E-state index is 0.348. The number of aliphatic hydroxyl groups is 1. The van der Waals surface area contributed by atoms with Gasteiger partial charge in [-0.25, -0.2) is 24.7 Å². The van der Waals surface area contributed by atoms with Gasteiger partial charge in [-0.1, -0.05) is 0 Å². The van der Waals surface area contributed by atoms with E-state index < -0.39 is 23.3 Å². The monoisotopic (exact) mass is 372 g/mol. The number of amides is 1. The number of carbonyl (C=O) groups is 1. The maximum absolute atomic E-state index is 13.0. The molecule has 3 heterocycles. The summed E-state index contributed by atoms with van der Waals surface area (Å²) in [5.74, 6) is 0.